The van der Waals surface area contributed by atoms with Crippen LogP contribution in [-0.4, -0.2) is 33.5 Å². The second kappa shape index (κ2) is 6.09. The smallest absolute Gasteiger partial charge is 0.156 e. The lowest BCUT2D eigenvalue weighted by Crippen LogP contribution is -2.23. The van der Waals surface area contributed by atoms with Crippen LogP contribution in [0.15, 0.2) is 36.9 Å². The molecule has 0 heterocycles. The van der Waals surface area contributed by atoms with E-state index in [0.29, 0.717) is 13.0 Å². The zero-order valence-electron chi connectivity index (χ0n) is 10.8. The number of anilines is 2. The Kier molecular flexibility index (Phi) is 4.76. The van der Waals surface area contributed by atoms with Crippen molar-refractivity contribution in [2.24, 2.45) is 0 Å². The van der Waals surface area contributed by atoms with Gasteiger partial charge in [-0.15, -0.1) is 0 Å². The van der Waals surface area contributed by atoms with Gasteiger partial charge in [0.25, 0.3) is 0 Å². The number of rotatable bonds is 6. The number of ketones is 1. The molecule has 1 aromatic carbocycles. The molecule has 0 aromatic heterocycles. The molecule has 3 nitrogen and oxygen atoms in total. The Hall–Kier alpha value is -1.77. The third-order valence-electron chi connectivity index (χ3n) is 2.70. The maximum atomic E-state index is 11.2. The van der Waals surface area contributed by atoms with Crippen LogP contribution in [-0.2, 0) is 4.79 Å². The van der Waals surface area contributed by atoms with Crippen LogP contribution < -0.4 is 9.80 Å². The van der Waals surface area contributed by atoms with Gasteiger partial charge >= 0.3 is 0 Å². The summed E-state index contributed by atoms with van der Waals surface area (Å²) in [5, 5.41) is 0. The van der Waals surface area contributed by atoms with E-state index in [-0.39, 0.29) is 5.78 Å². The number of allylic oxidation sites excluding steroid dienone is 1. The minimum atomic E-state index is 0.0826. The van der Waals surface area contributed by atoms with Crippen LogP contribution in [0.3, 0.4) is 0 Å². The van der Waals surface area contributed by atoms with Crippen molar-refractivity contribution in [2.45, 2.75) is 6.42 Å². The number of carbonyl (C=O) groups excluding carboxylic acids is 1. The SMILES string of the molecule is C=CC(=O)CCN(C)c1ccccc1N(C)C. The average molecular weight is 232 g/mol. The molecule has 0 radical (unpaired) electrons. The van der Waals surface area contributed by atoms with Crippen LogP contribution in [0.25, 0.3) is 0 Å². The summed E-state index contributed by atoms with van der Waals surface area (Å²) < 4.78 is 0. The van der Waals surface area contributed by atoms with Gasteiger partial charge in [0.15, 0.2) is 5.78 Å². The highest BCUT2D eigenvalue weighted by molar-refractivity contribution is 5.89. The Morgan fingerprint density at radius 3 is 2.35 bits per heavy atom. The predicted octanol–water partition coefficient (Wildman–Crippen LogP) is 2.33. The Bertz CT molecular complexity index is 399. The minimum absolute atomic E-state index is 0.0826. The van der Waals surface area contributed by atoms with E-state index in [9.17, 15) is 4.79 Å². The summed E-state index contributed by atoms with van der Waals surface area (Å²) in [6, 6.07) is 8.16. The maximum absolute atomic E-state index is 11.2. The Labute approximate surface area is 103 Å². The summed E-state index contributed by atoms with van der Waals surface area (Å²) in [5.41, 5.74) is 2.29. The molecule has 0 aliphatic carbocycles. The molecule has 17 heavy (non-hydrogen) atoms. The summed E-state index contributed by atoms with van der Waals surface area (Å²) in [5.74, 6) is 0.0826. The average Bonchev–Trinajstić information content (AvgIpc) is 2.35. The standard InChI is InChI=1S/C14H20N2O/c1-5-12(17)10-11-16(4)14-9-7-6-8-13(14)15(2)3/h5-9H,1,10-11H2,2-4H3. The van der Waals surface area contributed by atoms with Crippen molar-refractivity contribution in [3.05, 3.63) is 36.9 Å². The van der Waals surface area contributed by atoms with Gasteiger partial charge in [-0.3, -0.25) is 4.79 Å². The summed E-state index contributed by atoms with van der Waals surface area (Å²) >= 11 is 0. The number of nitrogens with zero attached hydrogens (tertiary/aromatic N) is 2. The minimum Gasteiger partial charge on any atom is -0.376 e. The summed E-state index contributed by atoms with van der Waals surface area (Å²) in [4.78, 5) is 15.4. The summed E-state index contributed by atoms with van der Waals surface area (Å²) in [7, 11) is 6.03. The summed E-state index contributed by atoms with van der Waals surface area (Å²) in [6.45, 7) is 4.18. The Morgan fingerprint density at radius 1 is 1.24 bits per heavy atom. The molecule has 0 bridgehead atoms. The van der Waals surface area contributed by atoms with Gasteiger partial charge in [0.1, 0.15) is 0 Å². The van der Waals surface area contributed by atoms with Crippen molar-refractivity contribution in [3.8, 4) is 0 Å². The lowest BCUT2D eigenvalue weighted by atomic mass is 10.2. The van der Waals surface area contributed by atoms with Gasteiger partial charge < -0.3 is 9.80 Å². The van der Waals surface area contributed by atoms with E-state index < -0.39 is 0 Å². The van der Waals surface area contributed by atoms with Gasteiger partial charge in [-0.25, -0.2) is 0 Å². The van der Waals surface area contributed by atoms with Crippen LogP contribution in [0.4, 0.5) is 11.4 Å². The molecule has 0 fully saturated rings. The van der Waals surface area contributed by atoms with E-state index in [1.165, 1.54) is 6.08 Å². The Morgan fingerprint density at radius 2 is 1.82 bits per heavy atom. The van der Waals surface area contributed by atoms with E-state index >= 15 is 0 Å². The second-order valence-corrected chi connectivity index (χ2v) is 4.23. The number of carbonyl (C=O) groups is 1. The normalized spacial score (nSPS) is 9.82. The van der Waals surface area contributed by atoms with Crippen molar-refractivity contribution in [1.82, 2.24) is 0 Å². The van der Waals surface area contributed by atoms with Crippen molar-refractivity contribution >= 4 is 17.2 Å². The van der Waals surface area contributed by atoms with E-state index in [1.54, 1.807) is 0 Å². The van der Waals surface area contributed by atoms with Crippen molar-refractivity contribution < 1.29 is 4.79 Å². The predicted molar refractivity (Wildman–Crippen MR) is 73.9 cm³/mol. The molecular formula is C14H20N2O. The number of hydrogen-bond donors (Lipinski definition) is 0. The molecule has 0 spiro atoms. The highest BCUT2D eigenvalue weighted by Gasteiger charge is 2.08. The largest absolute Gasteiger partial charge is 0.376 e. The molecule has 0 aliphatic heterocycles. The van der Waals surface area contributed by atoms with Gasteiger partial charge in [0.05, 0.1) is 11.4 Å². The molecule has 0 amide bonds. The fourth-order valence-electron chi connectivity index (χ4n) is 1.67. The quantitative estimate of drug-likeness (QED) is 0.703. The van der Waals surface area contributed by atoms with Crippen LogP contribution in [0.5, 0.6) is 0 Å². The highest BCUT2D eigenvalue weighted by atomic mass is 16.1. The third kappa shape index (κ3) is 3.63. The fourth-order valence-corrected chi connectivity index (χ4v) is 1.67. The molecule has 3 heteroatoms. The molecular weight excluding hydrogens is 212 g/mol. The topological polar surface area (TPSA) is 23.6 Å². The first-order valence-electron chi connectivity index (χ1n) is 5.69. The molecule has 0 saturated heterocycles. The third-order valence-corrected chi connectivity index (χ3v) is 2.70. The van der Waals surface area contributed by atoms with Crippen LogP contribution in [0.1, 0.15) is 6.42 Å². The highest BCUT2D eigenvalue weighted by Crippen LogP contribution is 2.26. The first kappa shape index (κ1) is 13.3. The van der Waals surface area contributed by atoms with Gasteiger partial charge in [-0.1, -0.05) is 18.7 Å². The molecule has 0 unspecified atom stereocenters. The first-order chi connectivity index (χ1) is 8.06. The van der Waals surface area contributed by atoms with Crippen LogP contribution in [0.2, 0.25) is 0 Å². The molecule has 92 valence electrons. The number of para-hydroxylation sites is 2. The maximum Gasteiger partial charge on any atom is 0.156 e. The van der Waals surface area contributed by atoms with E-state index in [2.05, 4.69) is 28.5 Å². The zero-order chi connectivity index (χ0) is 12.8. The molecule has 0 aliphatic rings. The van der Waals surface area contributed by atoms with Gasteiger partial charge in [-0.05, 0) is 18.2 Å². The van der Waals surface area contributed by atoms with Crippen molar-refractivity contribution in [1.29, 1.82) is 0 Å². The fraction of sp³-hybridized carbons (Fsp3) is 0.357. The first-order valence-corrected chi connectivity index (χ1v) is 5.69. The van der Waals surface area contributed by atoms with Crippen molar-refractivity contribution in [2.75, 3.05) is 37.5 Å². The Balaban J connectivity index is 2.77. The lowest BCUT2D eigenvalue weighted by Gasteiger charge is -2.25. The van der Waals surface area contributed by atoms with E-state index in [1.807, 2.05) is 33.3 Å². The van der Waals surface area contributed by atoms with Crippen LogP contribution in [0, 0.1) is 0 Å². The molecule has 0 saturated carbocycles. The van der Waals surface area contributed by atoms with E-state index in [0.717, 1.165) is 11.4 Å². The molecule has 1 rings (SSSR count). The number of hydrogen-bond acceptors (Lipinski definition) is 3. The molecule has 0 atom stereocenters. The molecule has 0 N–H and O–H groups in total. The van der Waals surface area contributed by atoms with Gasteiger partial charge in [0, 0.05) is 34.1 Å². The number of benzene rings is 1. The monoisotopic (exact) mass is 232 g/mol. The lowest BCUT2D eigenvalue weighted by molar-refractivity contribution is -0.114. The summed E-state index contributed by atoms with van der Waals surface area (Å²) in [6.07, 6.45) is 1.88. The van der Waals surface area contributed by atoms with Gasteiger partial charge in [-0.2, -0.15) is 0 Å². The van der Waals surface area contributed by atoms with Crippen LogP contribution >= 0.6 is 0 Å². The zero-order valence-corrected chi connectivity index (χ0v) is 10.8. The van der Waals surface area contributed by atoms with Crippen molar-refractivity contribution in [3.63, 3.8) is 0 Å². The van der Waals surface area contributed by atoms with E-state index in [4.69, 9.17) is 0 Å². The van der Waals surface area contributed by atoms with Gasteiger partial charge in [0.2, 0.25) is 0 Å². The molecule has 1 aromatic rings. The second-order valence-electron chi connectivity index (χ2n) is 4.23.